The minimum Gasteiger partial charge on any atom is -0.444 e. The van der Waals surface area contributed by atoms with Gasteiger partial charge in [0, 0.05) is 5.70 Å². The standard InChI is InChI=1S/C22H21N2O3/c1-16-14-19(13-12-17-8-4-2-5-9-17)23-21(25)20(16)24-22(26)27-15-18-10-6-3-7-11-18/h2-11,14H,12-13,15H2,1H3,(H,24,26). The van der Waals surface area contributed by atoms with Crippen molar-refractivity contribution >= 4 is 12.0 Å². The molecule has 2 aromatic carbocycles. The Morgan fingerprint density at radius 3 is 2.22 bits per heavy atom. The maximum Gasteiger partial charge on any atom is 0.412 e. The van der Waals surface area contributed by atoms with Crippen molar-refractivity contribution < 1.29 is 14.3 Å². The number of benzene rings is 2. The molecule has 1 radical (unpaired) electrons. The number of ether oxygens (including phenoxy) is 1. The van der Waals surface area contributed by atoms with Crippen LogP contribution in [0.2, 0.25) is 0 Å². The molecule has 1 aliphatic rings. The van der Waals surface area contributed by atoms with Gasteiger partial charge in [-0.05, 0) is 42.5 Å². The van der Waals surface area contributed by atoms with Crippen molar-refractivity contribution in [3.8, 4) is 0 Å². The lowest BCUT2D eigenvalue weighted by Gasteiger charge is -2.17. The minimum absolute atomic E-state index is 0.141. The van der Waals surface area contributed by atoms with Gasteiger partial charge in [0.15, 0.2) is 0 Å². The van der Waals surface area contributed by atoms with Crippen molar-refractivity contribution in [2.24, 2.45) is 0 Å². The smallest absolute Gasteiger partial charge is 0.412 e. The molecule has 5 heteroatoms. The molecule has 0 bridgehead atoms. The summed E-state index contributed by atoms with van der Waals surface area (Å²) >= 11 is 0. The van der Waals surface area contributed by atoms with E-state index in [1.807, 2.05) is 66.7 Å². The number of hydrogen-bond acceptors (Lipinski definition) is 3. The molecule has 0 atom stereocenters. The third-order valence-corrected chi connectivity index (χ3v) is 4.19. The van der Waals surface area contributed by atoms with Gasteiger partial charge in [0.05, 0.1) is 0 Å². The number of allylic oxidation sites excluding steroid dienone is 3. The molecule has 0 spiro atoms. The summed E-state index contributed by atoms with van der Waals surface area (Å²) in [6.07, 6.45) is 2.63. The van der Waals surface area contributed by atoms with Crippen LogP contribution in [0.1, 0.15) is 24.5 Å². The van der Waals surface area contributed by atoms with Crippen molar-refractivity contribution in [2.75, 3.05) is 0 Å². The zero-order valence-electron chi connectivity index (χ0n) is 15.1. The van der Waals surface area contributed by atoms with Gasteiger partial charge in [-0.25, -0.2) is 10.1 Å². The van der Waals surface area contributed by atoms with Crippen molar-refractivity contribution in [1.29, 1.82) is 0 Å². The molecule has 2 aromatic rings. The molecule has 0 aromatic heterocycles. The molecule has 27 heavy (non-hydrogen) atoms. The average Bonchev–Trinajstić information content (AvgIpc) is 2.69. The van der Waals surface area contributed by atoms with E-state index in [4.69, 9.17) is 4.74 Å². The van der Waals surface area contributed by atoms with Gasteiger partial charge in [-0.2, -0.15) is 0 Å². The second-order valence-corrected chi connectivity index (χ2v) is 6.28. The van der Waals surface area contributed by atoms with Gasteiger partial charge >= 0.3 is 6.09 Å². The molecule has 1 N–H and O–H groups in total. The van der Waals surface area contributed by atoms with Crippen molar-refractivity contribution in [1.82, 2.24) is 10.6 Å². The van der Waals surface area contributed by atoms with Gasteiger partial charge in [0.1, 0.15) is 12.3 Å². The highest BCUT2D eigenvalue weighted by Gasteiger charge is 2.23. The van der Waals surface area contributed by atoms with Gasteiger partial charge in [-0.15, -0.1) is 0 Å². The lowest BCUT2D eigenvalue weighted by atomic mass is 10.0. The fourth-order valence-corrected chi connectivity index (χ4v) is 2.77. The molecular weight excluding hydrogens is 340 g/mol. The second-order valence-electron chi connectivity index (χ2n) is 6.28. The highest BCUT2D eigenvalue weighted by Crippen LogP contribution is 2.18. The summed E-state index contributed by atoms with van der Waals surface area (Å²) in [5.41, 5.74) is 3.62. The monoisotopic (exact) mass is 361 g/mol. The molecule has 0 aliphatic carbocycles. The number of hydrogen-bond donors (Lipinski definition) is 1. The first-order valence-corrected chi connectivity index (χ1v) is 8.81. The van der Waals surface area contributed by atoms with E-state index in [2.05, 4.69) is 10.6 Å². The lowest BCUT2D eigenvalue weighted by molar-refractivity contribution is -0.117. The van der Waals surface area contributed by atoms with Crippen LogP contribution in [0.3, 0.4) is 0 Å². The van der Waals surface area contributed by atoms with Crippen LogP contribution in [0.15, 0.2) is 83.7 Å². The highest BCUT2D eigenvalue weighted by molar-refractivity contribution is 5.99. The lowest BCUT2D eigenvalue weighted by Crippen LogP contribution is -2.34. The molecule has 5 nitrogen and oxygen atoms in total. The predicted molar refractivity (Wildman–Crippen MR) is 102 cm³/mol. The van der Waals surface area contributed by atoms with Crippen LogP contribution < -0.4 is 10.6 Å². The normalized spacial score (nSPS) is 13.7. The number of aryl methyl sites for hydroxylation is 1. The summed E-state index contributed by atoms with van der Waals surface area (Å²) < 4.78 is 5.16. The van der Waals surface area contributed by atoms with E-state index in [1.54, 1.807) is 6.92 Å². The Hall–Kier alpha value is -3.34. The zero-order chi connectivity index (χ0) is 19.1. The Balaban J connectivity index is 1.57. The number of amides is 2. The van der Waals surface area contributed by atoms with Crippen LogP contribution in [-0.2, 0) is 22.6 Å². The maximum absolute atomic E-state index is 12.3. The molecule has 2 amide bonds. The summed E-state index contributed by atoms with van der Waals surface area (Å²) in [5.74, 6) is -0.449. The van der Waals surface area contributed by atoms with Gasteiger partial charge in [-0.1, -0.05) is 60.7 Å². The van der Waals surface area contributed by atoms with Gasteiger partial charge in [0.2, 0.25) is 0 Å². The molecule has 1 heterocycles. The fraction of sp³-hybridized carbons (Fsp3) is 0.182. The molecule has 0 saturated heterocycles. The fourth-order valence-electron chi connectivity index (χ4n) is 2.77. The van der Waals surface area contributed by atoms with E-state index >= 15 is 0 Å². The summed E-state index contributed by atoms with van der Waals surface area (Å²) in [6.45, 7) is 1.92. The SMILES string of the molecule is CC1=C(NC(=O)OCc2ccccc2)C(=O)[N]C(CCc2ccccc2)=C1. The number of alkyl carbamates (subject to hydrolysis) is 1. The van der Waals surface area contributed by atoms with E-state index in [0.717, 1.165) is 12.0 Å². The van der Waals surface area contributed by atoms with Crippen LogP contribution in [0, 0.1) is 0 Å². The Kier molecular flexibility index (Phi) is 6.05. The van der Waals surface area contributed by atoms with E-state index in [0.29, 0.717) is 17.7 Å². The third-order valence-electron chi connectivity index (χ3n) is 4.19. The first-order chi connectivity index (χ1) is 13.1. The number of carbonyl (C=O) groups excluding carboxylic acids is 2. The van der Waals surface area contributed by atoms with E-state index in [9.17, 15) is 9.59 Å². The first kappa shape index (κ1) is 18.5. The van der Waals surface area contributed by atoms with Crippen LogP contribution in [-0.4, -0.2) is 12.0 Å². The number of nitrogens with one attached hydrogen (secondary N) is 1. The Bertz CT molecular complexity index is 871. The second kappa shape index (κ2) is 8.85. The van der Waals surface area contributed by atoms with E-state index in [1.165, 1.54) is 5.56 Å². The quantitative estimate of drug-likeness (QED) is 0.850. The van der Waals surface area contributed by atoms with Crippen molar-refractivity contribution in [3.05, 3.63) is 94.8 Å². The summed E-state index contributed by atoms with van der Waals surface area (Å²) in [5, 5.41) is 6.61. The third kappa shape index (κ3) is 5.31. The van der Waals surface area contributed by atoms with E-state index in [-0.39, 0.29) is 12.3 Å². The van der Waals surface area contributed by atoms with Crippen LogP contribution in [0.25, 0.3) is 0 Å². The Labute approximate surface area is 158 Å². The zero-order valence-corrected chi connectivity index (χ0v) is 15.1. The molecule has 0 fully saturated rings. The predicted octanol–water partition coefficient (Wildman–Crippen LogP) is 3.85. The maximum atomic E-state index is 12.3. The number of carbonyl (C=O) groups is 2. The number of rotatable bonds is 6. The largest absolute Gasteiger partial charge is 0.444 e. The summed E-state index contributed by atoms with van der Waals surface area (Å²) in [7, 11) is 0. The van der Waals surface area contributed by atoms with Crippen molar-refractivity contribution in [3.63, 3.8) is 0 Å². The summed E-state index contributed by atoms with van der Waals surface area (Å²) in [6, 6.07) is 19.4. The minimum atomic E-state index is -0.669. The first-order valence-electron chi connectivity index (χ1n) is 8.81. The Morgan fingerprint density at radius 1 is 0.963 bits per heavy atom. The van der Waals surface area contributed by atoms with Gasteiger partial charge in [-0.3, -0.25) is 10.1 Å². The molecule has 137 valence electrons. The molecular formula is C22H21N2O3. The van der Waals surface area contributed by atoms with Gasteiger partial charge in [0.25, 0.3) is 5.91 Å². The Morgan fingerprint density at radius 2 is 1.59 bits per heavy atom. The van der Waals surface area contributed by atoms with Crippen LogP contribution in [0.5, 0.6) is 0 Å². The van der Waals surface area contributed by atoms with Crippen LogP contribution >= 0.6 is 0 Å². The topological polar surface area (TPSA) is 69.5 Å². The van der Waals surface area contributed by atoms with Gasteiger partial charge < -0.3 is 4.74 Å². The average molecular weight is 361 g/mol. The molecule has 0 unspecified atom stereocenters. The van der Waals surface area contributed by atoms with E-state index < -0.39 is 12.0 Å². The molecule has 3 rings (SSSR count). The van der Waals surface area contributed by atoms with Crippen LogP contribution in [0.4, 0.5) is 4.79 Å². The van der Waals surface area contributed by atoms with Crippen molar-refractivity contribution in [2.45, 2.75) is 26.4 Å². The summed E-state index contributed by atoms with van der Waals surface area (Å²) in [4.78, 5) is 24.3. The molecule has 0 saturated carbocycles. The number of nitrogens with zero attached hydrogens (tertiary/aromatic N) is 1. The highest BCUT2D eigenvalue weighted by atomic mass is 16.5. The molecule has 1 aliphatic heterocycles.